The van der Waals surface area contributed by atoms with E-state index in [1.807, 2.05) is 25.1 Å². The molecule has 0 saturated carbocycles. The van der Waals surface area contributed by atoms with E-state index < -0.39 is 0 Å². The number of hydrogen-bond donors (Lipinski definition) is 1. The van der Waals surface area contributed by atoms with Gasteiger partial charge in [0, 0.05) is 12.6 Å². The average molecular weight is 237 g/mol. The van der Waals surface area contributed by atoms with E-state index >= 15 is 0 Å². The van der Waals surface area contributed by atoms with Crippen LogP contribution in [0, 0.1) is 6.92 Å². The fraction of sp³-hybridized carbons (Fsp3) is 0.571. The maximum Gasteiger partial charge on any atom is 0.161 e. The van der Waals surface area contributed by atoms with Crippen LogP contribution in [0.1, 0.15) is 26.3 Å². The Morgan fingerprint density at radius 1 is 1.18 bits per heavy atom. The van der Waals surface area contributed by atoms with Crippen molar-refractivity contribution in [2.75, 3.05) is 13.7 Å². The molecule has 0 fully saturated rings. The molecule has 0 saturated heterocycles. The van der Waals surface area contributed by atoms with Gasteiger partial charge >= 0.3 is 0 Å². The molecule has 3 heteroatoms. The van der Waals surface area contributed by atoms with Gasteiger partial charge in [0.15, 0.2) is 11.5 Å². The second kappa shape index (κ2) is 6.50. The van der Waals surface area contributed by atoms with Gasteiger partial charge in [0.1, 0.15) is 6.10 Å². The molecule has 0 bridgehead atoms. The molecule has 1 rings (SSSR count). The Bertz CT molecular complexity index is 350. The summed E-state index contributed by atoms with van der Waals surface area (Å²) in [6.45, 7) is 9.16. The maximum atomic E-state index is 5.85. The SMILES string of the molecule is COc1cc(C)ccc1OC(C)CNC(C)C. The van der Waals surface area contributed by atoms with Crippen molar-refractivity contribution >= 4 is 0 Å². The second-order valence-electron chi connectivity index (χ2n) is 4.65. The smallest absolute Gasteiger partial charge is 0.161 e. The van der Waals surface area contributed by atoms with E-state index in [-0.39, 0.29) is 6.10 Å². The molecule has 0 amide bonds. The Hall–Kier alpha value is -1.22. The van der Waals surface area contributed by atoms with E-state index in [9.17, 15) is 0 Å². The number of aryl methyl sites for hydroxylation is 1. The summed E-state index contributed by atoms with van der Waals surface area (Å²) in [5.41, 5.74) is 1.17. The summed E-state index contributed by atoms with van der Waals surface area (Å²) in [6.07, 6.45) is 0.119. The van der Waals surface area contributed by atoms with Crippen LogP contribution in [0.5, 0.6) is 11.5 Å². The van der Waals surface area contributed by atoms with E-state index in [4.69, 9.17) is 9.47 Å². The third kappa shape index (κ3) is 4.65. The van der Waals surface area contributed by atoms with Gasteiger partial charge in [-0.05, 0) is 31.5 Å². The summed E-state index contributed by atoms with van der Waals surface area (Å²) in [7, 11) is 1.67. The van der Waals surface area contributed by atoms with Gasteiger partial charge in [0.25, 0.3) is 0 Å². The van der Waals surface area contributed by atoms with Crippen molar-refractivity contribution in [1.29, 1.82) is 0 Å². The van der Waals surface area contributed by atoms with E-state index in [2.05, 4.69) is 26.1 Å². The Balaban J connectivity index is 2.61. The van der Waals surface area contributed by atoms with Crippen LogP contribution in [0.25, 0.3) is 0 Å². The number of benzene rings is 1. The molecule has 3 nitrogen and oxygen atoms in total. The van der Waals surface area contributed by atoms with Crippen LogP contribution < -0.4 is 14.8 Å². The number of hydrogen-bond acceptors (Lipinski definition) is 3. The van der Waals surface area contributed by atoms with E-state index in [0.29, 0.717) is 6.04 Å². The summed E-state index contributed by atoms with van der Waals surface area (Å²) in [5, 5.41) is 3.35. The first-order valence-corrected chi connectivity index (χ1v) is 6.07. The normalized spacial score (nSPS) is 12.6. The van der Waals surface area contributed by atoms with Crippen LogP contribution in [0.15, 0.2) is 18.2 Å². The van der Waals surface area contributed by atoms with Gasteiger partial charge in [-0.15, -0.1) is 0 Å². The highest BCUT2D eigenvalue weighted by atomic mass is 16.5. The average Bonchev–Trinajstić information content (AvgIpc) is 2.28. The summed E-state index contributed by atoms with van der Waals surface area (Å²) in [6, 6.07) is 6.44. The van der Waals surface area contributed by atoms with Crippen LogP contribution in [0.4, 0.5) is 0 Å². The first-order chi connectivity index (χ1) is 8.02. The highest BCUT2D eigenvalue weighted by Gasteiger charge is 2.09. The monoisotopic (exact) mass is 237 g/mol. The molecule has 17 heavy (non-hydrogen) atoms. The quantitative estimate of drug-likeness (QED) is 0.825. The minimum absolute atomic E-state index is 0.119. The zero-order valence-corrected chi connectivity index (χ0v) is 11.4. The minimum atomic E-state index is 0.119. The lowest BCUT2D eigenvalue weighted by atomic mass is 10.2. The molecule has 0 heterocycles. The van der Waals surface area contributed by atoms with Crippen LogP contribution in [-0.2, 0) is 0 Å². The first-order valence-electron chi connectivity index (χ1n) is 6.07. The van der Waals surface area contributed by atoms with Gasteiger partial charge in [-0.1, -0.05) is 19.9 Å². The summed E-state index contributed by atoms with van der Waals surface area (Å²) >= 11 is 0. The van der Waals surface area contributed by atoms with Gasteiger partial charge in [0.2, 0.25) is 0 Å². The molecule has 1 aromatic rings. The predicted molar refractivity (Wildman–Crippen MR) is 71.0 cm³/mol. The highest BCUT2D eigenvalue weighted by Crippen LogP contribution is 2.28. The zero-order valence-electron chi connectivity index (χ0n) is 11.4. The number of nitrogens with one attached hydrogen (secondary N) is 1. The number of methoxy groups -OCH3 is 1. The molecule has 1 atom stereocenters. The molecular weight excluding hydrogens is 214 g/mol. The molecule has 1 unspecified atom stereocenters. The highest BCUT2D eigenvalue weighted by molar-refractivity contribution is 5.42. The van der Waals surface area contributed by atoms with Crippen molar-refractivity contribution in [3.05, 3.63) is 23.8 Å². The van der Waals surface area contributed by atoms with Crippen LogP contribution >= 0.6 is 0 Å². The standard InChI is InChI=1S/C14H23NO2/c1-10(2)15-9-12(4)17-13-7-6-11(3)8-14(13)16-5/h6-8,10,12,15H,9H2,1-5H3. The Labute approximate surface area is 104 Å². The van der Waals surface area contributed by atoms with E-state index in [0.717, 1.165) is 18.0 Å². The van der Waals surface area contributed by atoms with Crippen LogP contribution in [0.2, 0.25) is 0 Å². The van der Waals surface area contributed by atoms with Crippen molar-refractivity contribution in [2.45, 2.75) is 39.8 Å². The van der Waals surface area contributed by atoms with Gasteiger partial charge in [-0.2, -0.15) is 0 Å². The van der Waals surface area contributed by atoms with Crippen molar-refractivity contribution in [2.24, 2.45) is 0 Å². The lowest BCUT2D eigenvalue weighted by molar-refractivity contribution is 0.204. The molecule has 1 N–H and O–H groups in total. The first kappa shape index (κ1) is 13.8. The molecule has 0 aliphatic carbocycles. The topological polar surface area (TPSA) is 30.5 Å². The van der Waals surface area contributed by atoms with Gasteiger partial charge < -0.3 is 14.8 Å². The van der Waals surface area contributed by atoms with Crippen LogP contribution in [0.3, 0.4) is 0 Å². The summed E-state index contributed by atoms with van der Waals surface area (Å²) in [4.78, 5) is 0. The third-order valence-corrected chi connectivity index (χ3v) is 2.46. The molecule has 96 valence electrons. The Morgan fingerprint density at radius 3 is 2.47 bits per heavy atom. The molecule has 0 spiro atoms. The lowest BCUT2D eigenvalue weighted by Crippen LogP contribution is -2.33. The van der Waals surface area contributed by atoms with Crippen molar-refractivity contribution in [3.8, 4) is 11.5 Å². The maximum absolute atomic E-state index is 5.85. The van der Waals surface area contributed by atoms with Gasteiger partial charge in [0.05, 0.1) is 7.11 Å². The fourth-order valence-electron chi connectivity index (χ4n) is 1.53. The molecule has 0 aliphatic heterocycles. The summed E-state index contributed by atoms with van der Waals surface area (Å²) in [5.74, 6) is 1.59. The lowest BCUT2D eigenvalue weighted by Gasteiger charge is -2.19. The number of rotatable bonds is 6. The van der Waals surface area contributed by atoms with Crippen LogP contribution in [-0.4, -0.2) is 25.8 Å². The molecule has 1 aromatic carbocycles. The summed E-state index contributed by atoms with van der Waals surface area (Å²) < 4.78 is 11.2. The third-order valence-electron chi connectivity index (χ3n) is 2.46. The zero-order chi connectivity index (χ0) is 12.8. The van der Waals surface area contributed by atoms with Gasteiger partial charge in [-0.3, -0.25) is 0 Å². The van der Waals surface area contributed by atoms with Crippen molar-refractivity contribution in [3.63, 3.8) is 0 Å². The molecule has 0 radical (unpaired) electrons. The predicted octanol–water partition coefficient (Wildman–Crippen LogP) is 2.77. The minimum Gasteiger partial charge on any atom is -0.493 e. The molecule has 0 aliphatic rings. The van der Waals surface area contributed by atoms with E-state index in [1.54, 1.807) is 7.11 Å². The van der Waals surface area contributed by atoms with E-state index in [1.165, 1.54) is 5.56 Å². The largest absolute Gasteiger partial charge is 0.493 e. The van der Waals surface area contributed by atoms with Gasteiger partial charge in [-0.25, -0.2) is 0 Å². The van der Waals surface area contributed by atoms with Crippen molar-refractivity contribution in [1.82, 2.24) is 5.32 Å². The Morgan fingerprint density at radius 2 is 1.88 bits per heavy atom. The van der Waals surface area contributed by atoms with Crippen molar-refractivity contribution < 1.29 is 9.47 Å². The second-order valence-corrected chi connectivity index (χ2v) is 4.65. The molecular formula is C14H23NO2. The fourth-order valence-corrected chi connectivity index (χ4v) is 1.53. The molecule has 0 aromatic heterocycles. The Kier molecular flexibility index (Phi) is 5.29. The number of ether oxygens (including phenoxy) is 2.